The van der Waals surface area contributed by atoms with Gasteiger partial charge in [0.15, 0.2) is 0 Å². The molecular weight excluding hydrogens is 575 g/mol. The number of unbranched alkanes of at least 4 members (excludes halogenated alkanes) is 13. The molecule has 0 bridgehead atoms. The second kappa shape index (κ2) is 28.0. The Kier molecular flexibility index (Phi) is 27.2. The highest BCUT2D eigenvalue weighted by atomic mass is 31.2. The van der Waals surface area contributed by atoms with E-state index in [0.29, 0.717) is 17.4 Å². The van der Waals surface area contributed by atoms with Gasteiger partial charge in [-0.3, -0.25) is 9.36 Å². The first-order valence-corrected chi connectivity index (χ1v) is 18.8. The Morgan fingerprint density at radius 1 is 0.795 bits per heavy atom. The summed E-state index contributed by atoms with van der Waals surface area (Å²) in [6.45, 7) is 4.52. The highest BCUT2D eigenvalue weighted by molar-refractivity contribution is 7.45. The van der Waals surface area contributed by atoms with E-state index < -0.39 is 26.6 Å². The monoisotopic (exact) mass is 642 g/mol. The van der Waals surface area contributed by atoms with Crippen molar-refractivity contribution < 1.29 is 32.9 Å². The van der Waals surface area contributed by atoms with Gasteiger partial charge in [-0.15, -0.1) is 0 Å². The largest absolute Gasteiger partial charge is 0.756 e. The summed E-state index contributed by atoms with van der Waals surface area (Å²) in [6, 6.07) is -0.911. The van der Waals surface area contributed by atoms with Crippen LogP contribution >= 0.6 is 7.82 Å². The lowest BCUT2D eigenvalue weighted by molar-refractivity contribution is -0.870. The van der Waals surface area contributed by atoms with Crippen LogP contribution in [0.25, 0.3) is 0 Å². The van der Waals surface area contributed by atoms with E-state index in [-0.39, 0.29) is 18.9 Å². The molecule has 9 heteroatoms. The zero-order chi connectivity index (χ0) is 32.9. The lowest BCUT2D eigenvalue weighted by atomic mass is 10.1. The van der Waals surface area contributed by atoms with Crippen LogP contribution in [-0.4, -0.2) is 68.5 Å². The predicted molar refractivity (Wildman–Crippen MR) is 182 cm³/mol. The normalized spacial score (nSPS) is 15.3. The molecule has 0 aliphatic rings. The fourth-order valence-corrected chi connectivity index (χ4v) is 5.22. The number of hydrogen-bond donors (Lipinski definition) is 2. The van der Waals surface area contributed by atoms with E-state index in [1.165, 1.54) is 70.6 Å². The quantitative estimate of drug-likeness (QED) is 0.0359. The number of likely N-dealkylation sites (N-methyl/N-ethyl adjacent to an activating group) is 1. The third-order valence-electron chi connectivity index (χ3n) is 7.36. The Balaban J connectivity index is 4.69. The van der Waals surface area contributed by atoms with Crippen LogP contribution in [0, 0.1) is 0 Å². The number of nitrogens with one attached hydrogen (secondary N) is 1. The topological polar surface area (TPSA) is 108 Å². The summed E-state index contributed by atoms with van der Waals surface area (Å²) in [5.74, 6) is -0.270. The minimum atomic E-state index is -4.58. The summed E-state index contributed by atoms with van der Waals surface area (Å²) in [4.78, 5) is 25.0. The van der Waals surface area contributed by atoms with Crippen LogP contribution in [0.1, 0.15) is 129 Å². The minimum Gasteiger partial charge on any atom is -0.756 e. The number of allylic oxidation sites excluding steroid dienone is 5. The first-order valence-electron chi connectivity index (χ1n) is 17.4. The SMILES string of the molecule is CCCCCCCC/C=C\C/C=C\CCC(=O)NC(COP(=O)([O-])OCC[N+](C)(C)C)C(O)/C=C/CCCCCCCCC. The van der Waals surface area contributed by atoms with E-state index in [1.807, 2.05) is 39.4 Å². The zero-order valence-electron chi connectivity index (χ0n) is 28.9. The van der Waals surface area contributed by atoms with Crippen molar-refractivity contribution in [2.75, 3.05) is 40.9 Å². The number of carbonyl (C=O) groups excluding carboxylic acids is 1. The number of rotatable bonds is 30. The van der Waals surface area contributed by atoms with Crippen molar-refractivity contribution in [3.8, 4) is 0 Å². The van der Waals surface area contributed by atoms with Gasteiger partial charge in [-0.2, -0.15) is 0 Å². The van der Waals surface area contributed by atoms with Crippen LogP contribution < -0.4 is 10.2 Å². The van der Waals surface area contributed by atoms with Crippen LogP contribution in [0.4, 0.5) is 0 Å². The molecule has 8 nitrogen and oxygen atoms in total. The Bertz CT molecular complexity index is 825. The summed E-state index contributed by atoms with van der Waals surface area (Å²) in [5, 5.41) is 13.5. The Hall–Kier alpha value is -1.28. The number of phosphoric ester groups is 1. The molecule has 0 saturated carbocycles. The number of carbonyl (C=O) groups is 1. The van der Waals surface area contributed by atoms with Crippen LogP contribution in [0.2, 0.25) is 0 Å². The highest BCUT2D eigenvalue weighted by Gasteiger charge is 2.23. The molecule has 0 heterocycles. The van der Waals surface area contributed by atoms with Gasteiger partial charge in [0.25, 0.3) is 7.82 Å². The summed E-state index contributed by atoms with van der Waals surface area (Å²) >= 11 is 0. The summed E-state index contributed by atoms with van der Waals surface area (Å²) in [7, 11) is 1.22. The molecule has 0 fully saturated rings. The van der Waals surface area contributed by atoms with E-state index >= 15 is 0 Å². The minimum absolute atomic E-state index is 0.0111. The average molecular weight is 643 g/mol. The molecular formula is C35H67N2O6P. The number of amides is 1. The number of aliphatic hydroxyl groups is 1. The smallest absolute Gasteiger partial charge is 0.268 e. The number of aliphatic hydroxyl groups excluding tert-OH is 1. The van der Waals surface area contributed by atoms with Crippen molar-refractivity contribution in [2.24, 2.45) is 0 Å². The Labute approximate surface area is 270 Å². The molecule has 3 atom stereocenters. The zero-order valence-corrected chi connectivity index (χ0v) is 29.7. The van der Waals surface area contributed by atoms with E-state index in [4.69, 9.17) is 9.05 Å². The van der Waals surface area contributed by atoms with Crippen molar-refractivity contribution in [2.45, 2.75) is 142 Å². The fourth-order valence-electron chi connectivity index (χ4n) is 4.49. The number of phosphoric acid groups is 1. The molecule has 258 valence electrons. The molecule has 0 spiro atoms. The van der Waals surface area contributed by atoms with Crippen molar-refractivity contribution in [3.63, 3.8) is 0 Å². The molecule has 0 aliphatic carbocycles. The summed E-state index contributed by atoms with van der Waals surface area (Å²) in [6.07, 6.45) is 30.6. The van der Waals surface area contributed by atoms with Gasteiger partial charge in [0.05, 0.1) is 39.9 Å². The van der Waals surface area contributed by atoms with E-state index in [2.05, 4.69) is 31.3 Å². The van der Waals surface area contributed by atoms with Gasteiger partial charge in [-0.25, -0.2) is 0 Å². The van der Waals surface area contributed by atoms with Gasteiger partial charge in [0.1, 0.15) is 13.2 Å². The van der Waals surface area contributed by atoms with Crippen LogP contribution in [0.15, 0.2) is 36.5 Å². The lowest BCUT2D eigenvalue weighted by Crippen LogP contribution is -2.45. The molecule has 0 radical (unpaired) electrons. The van der Waals surface area contributed by atoms with E-state index in [0.717, 1.165) is 32.1 Å². The van der Waals surface area contributed by atoms with Gasteiger partial charge >= 0.3 is 0 Å². The standard InChI is InChI=1S/C35H67N2O6P/c1-6-8-10-12-14-16-17-18-19-21-23-25-27-29-35(39)36-33(32-43-44(40,41)42-31-30-37(3,4)5)34(38)28-26-24-22-20-15-13-11-9-7-2/h18-19,23,25-26,28,33-34,38H,6-17,20-22,24,27,29-32H2,1-5H3,(H-,36,39,40,41)/b19-18-,25-23-,28-26+. The van der Waals surface area contributed by atoms with Gasteiger partial charge in [-0.1, -0.05) is 121 Å². The maximum Gasteiger partial charge on any atom is 0.268 e. The maximum absolute atomic E-state index is 12.7. The number of quaternary nitrogens is 1. The van der Waals surface area contributed by atoms with Crippen molar-refractivity contribution in [3.05, 3.63) is 36.5 Å². The number of hydrogen-bond acceptors (Lipinski definition) is 6. The second-order valence-corrected chi connectivity index (χ2v) is 14.3. The van der Waals surface area contributed by atoms with E-state index in [1.54, 1.807) is 6.08 Å². The summed E-state index contributed by atoms with van der Waals surface area (Å²) < 4.78 is 22.9. The molecule has 44 heavy (non-hydrogen) atoms. The van der Waals surface area contributed by atoms with Crippen LogP contribution in [0.3, 0.4) is 0 Å². The molecule has 0 aliphatic heterocycles. The highest BCUT2D eigenvalue weighted by Crippen LogP contribution is 2.38. The van der Waals surface area contributed by atoms with Crippen molar-refractivity contribution in [1.82, 2.24) is 5.32 Å². The molecule has 0 aromatic rings. The molecule has 0 rings (SSSR count). The van der Waals surface area contributed by atoms with Crippen molar-refractivity contribution >= 4 is 13.7 Å². The molecule has 3 unspecified atom stereocenters. The summed E-state index contributed by atoms with van der Waals surface area (Å²) in [5.41, 5.74) is 0. The van der Waals surface area contributed by atoms with Gasteiger partial charge in [0, 0.05) is 6.42 Å². The maximum atomic E-state index is 12.7. The molecule has 2 N–H and O–H groups in total. The van der Waals surface area contributed by atoms with Gasteiger partial charge in [-0.05, 0) is 38.5 Å². The molecule has 0 aromatic carbocycles. The Morgan fingerprint density at radius 3 is 1.89 bits per heavy atom. The molecule has 0 saturated heterocycles. The molecule has 0 aromatic heterocycles. The number of nitrogens with zero attached hydrogens (tertiary/aromatic N) is 1. The third kappa shape index (κ3) is 29.4. The van der Waals surface area contributed by atoms with Crippen LogP contribution in [0.5, 0.6) is 0 Å². The average Bonchev–Trinajstić information content (AvgIpc) is 2.95. The van der Waals surface area contributed by atoms with Crippen LogP contribution in [-0.2, 0) is 18.4 Å². The second-order valence-electron chi connectivity index (χ2n) is 12.9. The molecule has 1 amide bonds. The fraction of sp³-hybridized carbons (Fsp3) is 0.800. The van der Waals surface area contributed by atoms with Gasteiger partial charge < -0.3 is 28.8 Å². The predicted octanol–water partition coefficient (Wildman–Crippen LogP) is 7.77. The van der Waals surface area contributed by atoms with Crippen molar-refractivity contribution in [1.29, 1.82) is 0 Å². The van der Waals surface area contributed by atoms with Gasteiger partial charge in [0.2, 0.25) is 5.91 Å². The lowest BCUT2D eigenvalue weighted by Gasteiger charge is -2.29. The van der Waals surface area contributed by atoms with E-state index in [9.17, 15) is 19.4 Å². The Morgan fingerprint density at radius 2 is 1.32 bits per heavy atom. The first-order chi connectivity index (χ1) is 21.0. The third-order valence-corrected chi connectivity index (χ3v) is 8.32. The first kappa shape index (κ1) is 42.7.